The Labute approximate surface area is 83.1 Å². The van der Waals surface area contributed by atoms with E-state index in [1.807, 2.05) is 25.4 Å². The average molecular weight is 190 g/mol. The van der Waals surface area contributed by atoms with Gasteiger partial charge in [0.15, 0.2) is 0 Å². The zero-order chi connectivity index (χ0) is 9.97. The van der Waals surface area contributed by atoms with Gasteiger partial charge in [0, 0.05) is 29.8 Å². The summed E-state index contributed by atoms with van der Waals surface area (Å²) in [6.45, 7) is 0. The summed E-state index contributed by atoms with van der Waals surface area (Å²) in [6, 6.07) is 8.19. The van der Waals surface area contributed by atoms with E-state index in [0.717, 1.165) is 11.1 Å². The summed E-state index contributed by atoms with van der Waals surface area (Å²) < 4.78 is 5.32. The van der Waals surface area contributed by atoms with Crippen LogP contribution >= 0.6 is 0 Å². The average Bonchev–Trinajstić information content (AvgIpc) is 2.65. The molecule has 1 atom stereocenters. The molecule has 3 nitrogen and oxygen atoms in total. The van der Waals surface area contributed by atoms with Gasteiger partial charge in [0.25, 0.3) is 0 Å². The van der Waals surface area contributed by atoms with Crippen molar-refractivity contribution in [3.8, 4) is 0 Å². The molecule has 0 aliphatic carbocycles. The number of nitrogens with one attached hydrogen (secondary N) is 2. The molecule has 0 radical (unpaired) electrons. The molecule has 2 aromatic rings. The molecule has 0 saturated heterocycles. The highest BCUT2D eigenvalue weighted by Gasteiger charge is 2.11. The summed E-state index contributed by atoms with van der Waals surface area (Å²) in [6.07, 6.45) is 1.93. The van der Waals surface area contributed by atoms with Crippen molar-refractivity contribution in [2.45, 2.75) is 6.23 Å². The summed E-state index contributed by atoms with van der Waals surface area (Å²) >= 11 is 0. The number of fused-ring (bicyclic) bond motifs is 1. The maximum absolute atomic E-state index is 5.32. The molecule has 1 aromatic carbocycles. The van der Waals surface area contributed by atoms with E-state index < -0.39 is 0 Å². The monoisotopic (exact) mass is 190 g/mol. The number of H-pyrrole nitrogens is 1. The maximum Gasteiger partial charge on any atom is 0.135 e. The first-order valence-corrected chi connectivity index (χ1v) is 4.63. The third kappa shape index (κ3) is 1.41. The first kappa shape index (κ1) is 9.24. The summed E-state index contributed by atoms with van der Waals surface area (Å²) in [5, 5.41) is 4.31. The molecule has 0 aliphatic heterocycles. The molecule has 74 valence electrons. The number of ether oxygens (including phenoxy) is 1. The molecule has 1 aromatic heterocycles. The van der Waals surface area contributed by atoms with Gasteiger partial charge < -0.3 is 9.72 Å². The van der Waals surface area contributed by atoms with Gasteiger partial charge >= 0.3 is 0 Å². The number of benzene rings is 1. The van der Waals surface area contributed by atoms with Gasteiger partial charge in [-0.05, 0) is 13.1 Å². The lowest BCUT2D eigenvalue weighted by Crippen LogP contribution is -2.17. The van der Waals surface area contributed by atoms with E-state index in [0.29, 0.717) is 0 Å². The quantitative estimate of drug-likeness (QED) is 0.727. The summed E-state index contributed by atoms with van der Waals surface area (Å²) in [7, 11) is 3.58. The summed E-state index contributed by atoms with van der Waals surface area (Å²) in [5.74, 6) is 0. The molecule has 0 spiro atoms. The minimum atomic E-state index is -0.0499. The lowest BCUT2D eigenvalue weighted by molar-refractivity contribution is 0.0821. The van der Waals surface area contributed by atoms with Crippen LogP contribution in [0.15, 0.2) is 30.5 Å². The first-order chi connectivity index (χ1) is 6.86. The second-order valence-corrected chi connectivity index (χ2v) is 3.19. The highest BCUT2D eigenvalue weighted by atomic mass is 16.5. The number of hydrogen-bond donors (Lipinski definition) is 2. The van der Waals surface area contributed by atoms with Crippen molar-refractivity contribution in [1.82, 2.24) is 10.3 Å². The molecule has 0 aliphatic rings. The van der Waals surface area contributed by atoms with E-state index in [-0.39, 0.29) is 6.23 Å². The van der Waals surface area contributed by atoms with Gasteiger partial charge in [-0.2, -0.15) is 0 Å². The van der Waals surface area contributed by atoms with Crippen LogP contribution in [0.25, 0.3) is 10.9 Å². The van der Waals surface area contributed by atoms with Crippen molar-refractivity contribution in [3.05, 3.63) is 36.0 Å². The van der Waals surface area contributed by atoms with E-state index >= 15 is 0 Å². The number of para-hydroxylation sites is 1. The van der Waals surface area contributed by atoms with Gasteiger partial charge in [0.2, 0.25) is 0 Å². The SMILES string of the molecule is CNC(OC)c1c[nH]c2ccccc12. The van der Waals surface area contributed by atoms with Crippen LogP contribution in [0.3, 0.4) is 0 Å². The first-order valence-electron chi connectivity index (χ1n) is 4.63. The van der Waals surface area contributed by atoms with Crippen molar-refractivity contribution in [1.29, 1.82) is 0 Å². The van der Waals surface area contributed by atoms with Crippen LogP contribution in [0.4, 0.5) is 0 Å². The van der Waals surface area contributed by atoms with Crippen molar-refractivity contribution in [2.75, 3.05) is 14.2 Å². The van der Waals surface area contributed by atoms with Gasteiger partial charge in [-0.3, -0.25) is 5.32 Å². The van der Waals surface area contributed by atoms with Crippen LogP contribution in [0.2, 0.25) is 0 Å². The number of hydrogen-bond acceptors (Lipinski definition) is 2. The number of aromatic nitrogens is 1. The second kappa shape index (κ2) is 3.82. The molecule has 0 amide bonds. The molecule has 0 saturated carbocycles. The number of rotatable bonds is 3. The number of methoxy groups -OCH3 is 1. The van der Waals surface area contributed by atoms with E-state index in [1.54, 1.807) is 7.11 Å². The van der Waals surface area contributed by atoms with E-state index in [1.165, 1.54) is 5.39 Å². The molecule has 2 rings (SSSR count). The lowest BCUT2D eigenvalue weighted by Gasteiger charge is -2.12. The van der Waals surface area contributed by atoms with Gasteiger partial charge in [-0.1, -0.05) is 18.2 Å². The molecule has 0 bridgehead atoms. The minimum absolute atomic E-state index is 0.0499. The zero-order valence-corrected chi connectivity index (χ0v) is 8.37. The van der Waals surface area contributed by atoms with Gasteiger partial charge in [0.05, 0.1) is 0 Å². The Bertz CT molecular complexity index is 418. The molecular formula is C11H14N2O. The van der Waals surface area contributed by atoms with E-state index in [4.69, 9.17) is 4.74 Å². The Kier molecular flexibility index (Phi) is 2.52. The maximum atomic E-state index is 5.32. The Morgan fingerprint density at radius 2 is 2.14 bits per heavy atom. The van der Waals surface area contributed by atoms with E-state index in [9.17, 15) is 0 Å². The normalized spacial score (nSPS) is 13.3. The van der Waals surface area contributed by atoms with E-state index in [2.05, 4.69) is 22.4 Å². The second-order valence-electron chi connectivity index (χ2n) is 3.19. The lowest BCUT2D eigenvalue weighted by atomic mass is 10.1. The van der Waals surface area contributed by atoms with Gasteiger partial charge in [-0.25, -0.2) is 0 Å². The minimum Gasteiger partial charge on any atom is -0.362 e. The predicted molar refractivity (Wildman–Crippen MR) is 57.1 cm³/mol. The zero-order valence-electron chi connectivity index (χ0n) is 8.37. The number of aromatic amines is 1. The van der Waals surface area contributed by atoms with Crippen molar-refractivity contribution < 1.29 is 4.74 Å². The van der Waals surface area contributed by atoms with Crippen LogP contribution in [-0.4, -0.2) is 19.1 Å². The fourth-order valence-corrected chi connectivity index (χ4v) is 1.71. The van der Waals surface area contributed by atoms with Crippen LogP contribution in [-0.2, 0) is 4.74 Å². The third-order valence-corrected chi connectivity index (χ3v) is 2.40. The predicted octanol–water partition coefficient (Wildman–Crippen LogP) is 2.03. The van der Waals surface area contributed by atoms with Gasteiger partial charge in [0.1, 0.15) is 6.23 Å². The van der Waals surface area contributed by atoms with Crippen LogP contribution in [0.5, 0.6) is 0 Å². The van der Waals surface area contributed by atoms with Crippen molar-refractivity contribution in [3.63, 3.8) is 0 Å². The Morgan fingerprint density at radius 1 is 1.36 bits per heavy atom. The van der Waals surface area contributed by atoms with Crippen LogP contribution in [0.1, 0.15) is 11.8 Å². The van der Waals surface area contributed by atoms with Crippen molar-refractivity contribution >= 4 is 10.9 Å². The smallest absolute Gasteiger partial charge is 0.135 e. The van der Waals surface area contributed by atoms with Gasteiger partial charge in [-0.15, -0.1) is 0 Å². The van der Waals surface area contributed by atoms with Crippen molar-refractivity contribution in [2.24, 2.45) is 0 Å². The molecule has 2 N–H and O–H groups in total. The molecule has 3 heteroatoms. The molecule has 14 heavy (non-hydrogen) atoms. The molecule has 0 fully saturated rings. The summed E-state index contributed by atoms with van der Waals surface area (Å²) in [5.41, 5.74) is 2.28. The third-order valence-electron chi connectivity index (χ3n) is 2.40. The fraction of sp³-hybridized carbons (Fsp3) is 0.273. The molecular weight excluding hydrogens is 176 g/mol. The largest absolute Gasteiger partial charge is 0.362 e. The Morgan fingerprint density at radius 3 is 2.86 bits per heavy atom. The highest BCUT2D eigenvalue weighted by molar-refractivity contribution is 5.83. The molecule has 1 heterocycles. The fourth-order valence-electron chi connectivity index (χ4n) is 1.71. The topological polar surface area (TPSA) is 37.0 Å². The van der Waals surface area contributed by atoms with Crippen LogP contribution in [0, 0.1) is 0 Å². The highest BCUT2D eigenvalue weighted by Crippen LogP contribution is 2.23. The Balaban J connectivity index is 2.51. The Hall–Kier alpha value is -1.32. The summed E-state index contributed by atoms with van der Waals surface area (Å²) in [4.78, 5) is 3.22. The van der Waals surface area contributed by atoms with Crippen LogP contribution < -0.4 is 5.32 Å². The molecule has 1 unspecified atom stereocenters. The standard InChI is InChI=1S/C11H14N2O/c1-12-11(14-2)9-7-13-10-6-4-3-5-8(9)10/h3-7,11-13H,1-2H3.